The molecular formula is C18H16FN7O2S. The Hall–Kier alpha value is -3.73. The van der Waals surface area contributed by atoms with Gasteiger partial charge in [0.1, 0.15) is 0 Å². The van der Waals surface area contributed by atoms with Crippen molar-refractivity contribution in [1.29, 1.82) is 0 Å². The van der Waals surface area contributed by atoms with Crippen molar-refractivity contribution >= 4 is 49.8 Å². The standard InChI is InChI=1S/C18H16FN7O2S/c1-29(27,28)26-15-5-3-2-4-14(15)23-17-13(19)10-20-18(24-17)22-12-7-6-11-9-21-25-16(11)8-12/h2-10,26H,1H3,(H,21,25)(H2,20,22,23,24). The fraction of sp³-hybridized carbons (Fsp3) is 0.0556. The van der Waals surface area contributed by atoms with Crippen molar-refractivity contribution < 1.29 is 12.8 Å². The fourth-order valence-electron chi connectivity index (χ4n) is 2.67. The summed E-state index contributed by atoms with van der Waals surface area (Å²) in [6.45, 7) is 0. The zero-order chi connectivity index (χ0) is 20.4. The summed E-state index contributed by atoms with van der Waals surface area (Å²) in [7, 11) is -3.50. The average molecular weight is 413 g/mol. The molecule has 0 radical (unpaired) electrons. The minimum absolute atomic E-state index is 0.104. The van der Waals surface area contributed by atoms with Crippen LogP contribution < -0.4 is 15.4 Å². The van der Waals surface area contributed by atoms with Gasteiger partial charge in [-0.1, -0.05) is 12.1 Å². The SMILES string of the molecule is CS(=O)(=O)Nc1ccccc1Nc1nc(Nc2ccc3cn[nH]c3c2)ncc1F. The number of aromatic amines is 1. The summed E-state index contributed by atoms with van der Waals surface area (Å²) in [6, 6.07) is 12.0. The Bertz CT molecular complexity index is 1290. The molecule has 4 N–H and O–H groups in total. The van der Waals surface area contributed by atoms with E-state index in [2.05, 4.69) is 35.5 Å². The van der Waals surface area contributed by atoms with Gasteiger partial charge in [-0.2, -0.15) is 10.1 Å². The molecule has 0 aliphatic heterocycles. The van der Waals surface area contributed by atoms with E-state index in [4.69, 9.17) is 0 Å². The maximum Gasteiger partial charge on any atom is 0.229 e. The van der Waals surface area contributed by atoms with Crippen LogP contribution in [0, 0.1) is 5.82 Å². The lowest BCUT2D eigenvalue weighted by Crippen LogP contribution is -2.11. The van der Waals surface area contributed by atoms with E-state index in [1.54, 1.807) is 30.5 Å². The summed E-state index contributed by atoms with van der Waals surface area (Å²) in [5, 5.41) is 13.6. The van der Waals surface area contributed by atoms with E-state index >= 15 is 0 Å². The first kappa shape index (κ1) is 18.6. The molecule has 4 rings (SSSR count). The number of para-hydroxylation sites is 2. The Labute approximate surface area is 165 Å². The number of nitrogens with zero attached hydrogens (tertiary/aromatic N) is 3. The molecule has 0 spiro atoms. The molecule has 2 heterocycles. The Morgan fingerprint density at radius 2 is 1.83 bits per heavy atom. The molecule has 148 valence electrons. The summed E-state index contributed by atoms with van der Waals surface area (Å²) in [4.78, 5) is 8.11. The summed E-state index contributed by atoms with van der Waals surface area (Å²) < 4.78 is 39.7. The number of benzene rings is 2. The lowest BCUT2D eigenvalue weighted by atomic mass is 10.2. The maximum atomic E-state index is 14.3. The molecule has 0 fully saturated rings. The number of hydrogen-bond acceptors (Lipinski definition) is 7. The Morgan fingerprint density at radius 3 is 2.62 bits per heavy atom. The van der Waals surface area contributed by atoms with Crippen LogP contribution in [0.25, 0.3) is 10.9 Å². The quantitative estimate of drug-likeness (QED) is 0.382. The first-order valence-corrected chi connectivity index (χ1v) is 10.3. The van der Waals surface area contributed by atoms with E-state index in [0.717, 1.165) is 23.4 Å². The number of sulfonamides is 1. The fourth-order valence-corrected chi connectivity index (χ4v) is 3.24. The van der Waals surface area contributed by atoms with Crippen molar-refractivity contribution in [3.8, 4) is 0 Å². The zero-order valence-electron chi connectivity index (χ0n) is 15.1. The highest BCUT2D eigenvalue weighted by Gasteiger charge is 2.12. The lowest BCUT2D eigenvalue weighted by molar-refractivity contribution is 0.607. The number of anilines is 5. The number of hydrogen-bond donors (Lipinski definition) is 4. The monoisotopic (exact) mass is 413 g/mol. The number of rotatable bonds is 6. The molecule has 0 unspecified atom stereocenters. The van der Waals surface area contributed by atoms with E-state index in [9.17, 15) is 12.8 Å². The van der Waals surface area contributed by atoms with Crippen LogP contribution >= 0.6 is 0 Å². The second-order valence-corrected chi connectivity index (χ2v) is 7.98. The number of aromatic nitrogens is 4. The molecule has 4 aromatic rings. The minimum atomic E-state index is -3.50. The highest BCUT2D eigenvalue weighted by atomic mass is 32.2. The number of fused-ring (bicyclic) bond motifs is 1. The van der Waals surface area contributed by atoms with Crippen molar-refractivity contribution in [3.63, 3.8) is 0 Å². The first-order valence-electron chi connectivity index (χ1n) is 8.44. The topological polar surface area (TPSA) is 125 Å². The van der Waals surface area contributed by atoms with Gasteiger partial charge in [0.05, 0.1) is 35.5 Å². The van der Waals surface area contributed by atoms with Gasteiger partial charge in [0.2, 0.25) is 16.0 Å². The van der Waals surface area contributed by atoms with Crippen LogP contribution in [0.3, 0.4) is 0 Å². The molecule has 0 amide bonds. The summed E-state index contributed by atoms with van der Waals surface area (Å²) >= 11 is 0. The highest BCUT2D eigenvalue weighted by Crippen LogP contribution is 2.27. The minimum Gasteiger partial charge on any atom is -0.336 e. The highest BCUT2D eigenvalue weighted by molar-refractivity contribution is 7.92. The van der Waals surface area contributed by atoms with Gasteiger partial charge in [0.25, 0.3) is 0 Å². The second kappa shape index (κ2) is 7.36. The molecule has 0 bridgehead atoms. The molecule has 29 heavy (non-hydrogen) atoms. The molecule has 0 atom stereocenters. The van der Waals surface area contributed by atoms with Crippen LogP contribution in [-0.4, -0.2) is 34.8 Å². The molecule has 9 nitrogen and oxygen atoms in total. The van der Waals surface area contributed by atoms with Gasteiger partial charge in [0, 0.05) is 11.1 Å². The number of halogens is 1. The Kier molecular flexibility index (Phi) is 4.72. The molecule has 0 saturated carbocycles. The third-order valence-corrected chi connectivity index (χ3v) is 4.51. The number of H-pyrrole nitrogens is 1. The van der Waals surface area contributed by atoms with Gasteiger partial charge < -0.3 is 10.6 Å². The summed E-state index contributed by atoms with van der Waals surface area (Å²) in [5.74, 6) is -0.622. The maximum absolute atomic E-state index is 14.3. The van der Waals surface area contributed by atoms with Crippen molar-refractivity contribution in [2.45, 2.75) is 0 Å². The largest absolute Gasteiger partial charge is 0.336 e. The Morgan fingerprint density at radius 1 is 1.03 bits per heavy atom. The van der Waals surface area contributed by atoms with E-state index in [-0.39, 0.29) is 17.5 Å². The molecule has 0 aliphatic carbocycles. The van der Waals surface area contributed by atoms with E-state index in [0.29, 0.717) is 11.4 Å². The van der Waals surface area contributed by atoms with Gasteiger partial charge in [-0.3, -0.25) is 9.82 Å². The van der Waals surface area contributed by atoms with Crippen molar-refractivity contribution in [1.82, 2.24) is 20.2 Å². The van der Waals surface area contributed by atoms with Crippen LogP contribution in [0.2, 0.25) is 0 Å². The smallest absolute Gasteiger partial charge is 0.229 e. The van der Waals surface area contributed by atoms with E-state index < -0.39 is 15.8 Å². The summed E-state index contributed by atoms with van der Waals surface area (Å²) in [5.41, 5.74) is 2.14. The van der Waals surface area contributed by atoms with Gasteiger partial charge in [0.15, 0.2) is 11.6 Å². The number of nitrogens with one attached hydrogen (secondary N) is 4. The molecule has 0 saturated heterocycles. The van der Waals surface area contributed by atoms with E-state index in [1.165, 1.54) is 0 Å². The first-order chi connectivity index (χ1) is 13.9. The molecule has 0 aliphatic rings. The third kappa shape index (κ3) is 4.41. The predicted octanol–water partition coefficient (Wildman–Crippen LogP) is 3.35. The Balaban J connectivity index is 1.61. The van der Waals surface area contributed by atoms with Crippen LogP contribution in [0.15, 0.2) is 54.9 Å². The van der Waals surface area contributed by atoms with Gasteiger partial charge in [-0.25, -0.2) is 17.8 Å². The zero-order valence-corrected chi connectivity index (χ0v) is 16.0. The van der Waals surface area contributed by atoms with Crippen molar-refractivity contribution in [3.05, 3.63) is 60.7 Å². The predicted molar refractivity (Wildman–Crippen MR) is 110 cm³/mol. The van der Waals surface area contributed by atoms with Crippen LogP contribution in [0.4, 0.5) is 33.2 Å². The third-order valence-electron chi connectivity index (χ3n) is 3.92. The van der Waals surface area contributed by atoms with E-state index in [1.807, 2.05) is 18.2 Å². The molecule has 2 aromatic carbocycles. The van der Waals surface area contributed by atoms with Gasteiger partial charge >= 0.3 is 0 Å². The van der Waals surface area contributed by atoms with Crippen LogP contribution in [-0.2, 0) is 10.0 Å². The second-order valence-electron chi connectivity index (χ2n) is 6.23. The average Bonchev–Trinajstić information content (AvgIpc) is 3.13. The van der Waals surface area contributed by atoms with Crippen molar-refractivity contribution in [2.24, 2.45) is 0 Å². The van der Waals surface area contributed by atoms with Crippen LogP contribution in [0.5, 0.6) is 0 Å². The van der Waals surface area contributed by atoms with Gasteiger partial charge in [-0.15, -0.1) is 0 Å². The summed E-state index contributed by atoms with van der Waals surface area (Å²) in [6.07, 6.45) is 3.77. The normalized spacial score (nSPS) is 11.4. The molecular weight excluding hydrogens is 397 g/mol. The lowest BCUT2D eigenvalue weighted by Gasteiger charge is -2.13. The molecule has 2 aromatic heterocycles. The van der Waals surface area contributed by atoms with Crippen molar-refractivity contribution in [2.75, 3.05) is 21.6 Å². The van der Waals surface area contributed by atoms with Crippen LogP contribution in [0.1, 0.15) is 0 Å². The molecule has 11 heteroatoms. The van der Waals surface area contributed by atoms with Gasteiger partial charge in [-0.05, 0) is 30.3 Å².